The van der Waals surface area contributed by atoms with Gasteiger partial charge in [0.05, 0.1) is 12.0 Å². The van der Waals surface area contributed by atoms with Crippen molar-refractivity contribution in [1.82, 2.24) is 10.2 Å². The van der Waals surface area contributed by atoms with Crippen LogP contribution in [0.15, 0.2) is 46.9 Å². The second-order valence-corrected chi connectivity index (χ2v) is 7.51. The fraction of sp³-hybridized carbons (Fsp3) is 0.333. The van der Waals surface area contributed by atoms with Crippen LogP contribution in [0.4, 0.5) is 5.69 Å². The van der Waals surface area contributed by atoms with Gasteiger partial charge in [-0.3, -0.25) is 19.7 Å². The van der Waals surface area contributed by atoms with E-state index in [0.717, 1.165) is 10.0 Å². The Labute approximate surface area is 188 Å². The topological polar surface area (TPSA) is 111 Å². The van der Waals surface area contributed by atoms with Gasteiger partial charge in [0.15, 0.2) is 6.61 Å². The molecule has 2 rings (SSSR count). The molecule has 10 heteroatoms. The van der Waals surface area contributed by atoms with Gasteiger partial charge in [0.2, 0.25) is 11.7 Å². The fourth-order valence-corrected chi connectivity index (χ4v) is 3.08. The number of hydrogen-bond acceptors (Lipinski definition) is 6. The van der Waals surface area contributed by atoms with Crippen molar-refractivity contribution in [2.45, 2.75) is 26.4 Å². The molecule has 1 unspecified atom stereocenters. The first-order valence-corrected chi connectivity index (χ1v) is 10.3. The summed E-state index contributed by atoms with van der Waals surface area (Å²) in [7, 11) is 1.31. The molecule has 2 aromatic rings. The van der Waals surface area contributed by atoms with Crippen molar-refractivity contribution in [3.8, 4) is 11.5 Å². The fourth-order valence-electron chi connectivity index (χ4n) is 2.82. The van der Waals surface area contributed by atoms with Gasteiger partial charge in [-0.15, -0.1) is 0 Å². The van der Waals surface area contributed by atoms with E-state index in [-0.39, 0.29) is 36.2 Å². The number of ether oxygens (including phenoxy) is 2. The zero-order chi connectivity index (χ0) is 23.0. The molecule has 1 N–H and O–H groups in total. The normalized spacial score (nSPS) is 11.4. The van der Waals surface area contributed by atoms with Crippen LogP contribution in [0.1, 0.15) is 19.4 Å². The Morgan fingerprint density at radius 1 is 1.23 bits per heavy atom. The molecule has 0 bridgehead atoms. The molecule has 0 aliphatic heterocycles. The van der Waals surface area contributed by atoms with Gasteiger partial charge in [-0.05, 0) is 37.6 Å². The molecule has 2 aromatic carbocycles. The summed E-state index contributed by atoms with van der Waals surface area (Å²) in [4.78, 5) is 37.2. The number of rotatable bonds is 10. The molecule has 0 aliphatic carbocycles. The molecule has 0 saturated heterocycles. The molecule has 0 aliphatic rings. The molecule has 2 amide bonds. The lowest BCUT2D eigenvalue weighted by Crippen LogP contribution is -2.49. The van der Waals surface area contributed by atoms with Crippen molar-refractivity contribution in [3.05, 3.63) is 62.6 Å². The van der Waals surface area contributed by atoms with Crippen molar-refractivity contribution in [2.75, 3.05) is 20.3 Å². The Bertz CT molecular complexity index is 935. The predicted molar refractivity (Wildman–Crippen MR) is 118 cm³/mol. The quantitative estimate of drug-likeness (QED) is 0.401. The largest absolute Gasteiger partial charge is 0.490 e. The van der Waals surface area contributed by atoms with E-state index in [2.05, 4.69) is 21.2 Å². The number of benzene rings is 2. The maximum absolute atomic E-state index is 12.9. The van der Waals surface area contributed by atoms with E-state index < -0.39 is 16.9 Å². The SMILES string of the molecule is CCNC(=O)C(C)N(Cc1ccc(Br)cc1)C(=O)COc1ccc([N+](=O)[O-])c(OC)c1. The van der Waals surface area contributed by atoms with Gasteiger partial charge in [0, 0.05) is 29.7 Å². The van der Waals surface area contributed by atoms with Gasteiger partial charge in [-0.1, -0.05) is 28.1 Å². The maximum atomic E-state index is 12.9. The molecule has 0 radical (unpaired) electrons. The van der Waals surface area contributed by atoms with Crippen LogP contribution in [0.2, 0.25) is 0 Å². The van der Waals surface area contributed by atoms with E-state index in [1.54, 1.807) is 13.8 Å². The molecule has 0 spiro atoms. The molecular formula is C21H24BrN3O6. The van der Waals surface area contributed by atoms with Gasteiger partial charge >= 0.3 is 5.69 Å². The number of halogens is 1. The van der Waals surface area contributed by atoms with Gasteiger partial charge in [0.25, 0.3) is 5.91 Å². The monoisotopic (exact) mass is 493 g/mol. The van der Waals surface area contributed by atoms with E-state index in [4.69, 9.17) is 9.47 Å². The third-order valence-corrected chi connectivity index (χ3v) is 5.02. The number of amides is 2. The average molecular weight is 494 g/mol. The lowest BCUT2D eigenvalue weighted by atomic mass is 10.1. The zero-order valence-electron chi connectivity index (χ0n) is 17.5. The highest BCUT2D eigenvalue weighted by Crippen LogP contribution is 2.30. The molecule has 166 valence electrons. The van der Waals surface area contributed by atoms with E-state index in [1.807, 2.05) is 24.3 Å². The first-order valence-electron chi connectivity index (χ1n) is 9.53. The summed E-state index contributed by atoms with van der Waals surface area (Å²) in [6.45, 7) is 3.77. The summed E-state index contributed by atoms with van der Waals surface area (Å²) < 4.78 is 11.5. The van der Waals surface area contributed by atoms with Crippen molar-refractivity contribution >= 4 is 33.4 Å². The van der Waals surface area contributed by atoms with Crippen LogP contribution in [0.5, 0.6) is 11.5 Å². The number of carbonyl (C=O) groups excluding carboxylic acids is 2. The molecular weight excluding hydrogens is 470 g/mol. The smallest absolute Gasteiger partial charge is 0.311 e. The van der Waals surface area contributed by atoms with Crippen LogP contribution in [0.25, 0.3) is 0 Å². The Morgan fingerprint density at radius 2 is 1.90 bits per heavy atom. The van der Waals surface area contributed by atoms with Crippen molar-refractivity contribution < 1.29 is 24.0 Å². The van der Waals surface area contributed by atoms with Crippen LogP contribution in [-0.4, -0.2) is 47.9 Å². The molecule has 1 atom stereocenters. The zero-order valence-corrected chi connectivity index (χ0v) is 19.0. The lowest BCUT2D eigenvalue weighted by molar-refractivity contribution is -0.385. The number of nitro benzene ring substituents is 1. The minimum absolute atomic E-state index is 0.0253. The predicted octanol–water partition coefficient (Wildman–Crippen LogP) is 3.30. The Morgan fingerprint density at radius 3 is 2.48 bits per heavy atom. The van der Waals surface area contributed by atoms with E-state index in [0.29, 0.717) is 6.54 Å². The highest BCUT2D eigenvalue weighted by atomic mass is 79.9. The number of nitrogens with one attached hydrogen (secondary N) is 1. The Balaban J connectivity index is 2.17. The highest BCUT2D eigenvalue weighted by molar-refractivity contribution is 9.10. The summed E-state index contributed by atoms with van der Waals surface area (Å²) in [5, 5.41) is 13.7. The van der Waals surface area contributed by atoms with Crippen molar-refractivity contribution in [3.63, 3.8) is 0 Å². The minimum atomic E-state index is -0.717. The van der Waals surface area contributed by atoms with Crippen LogP contribution in [-0.2, 0) is 16.1 Å². The average Bonchev–Trinajstić information content (AvgIpc) is 2.76. The number of nitrogens with zero attached hydrogens (tertiary/aromatic N) is 2. The second-order valence-electron chi connectivity index (χ2n) is 6.60. The third-order valence-electron chi connectivity index (χ3n) is 4.49. The summed E-state index contributed by atoms with van der Waals surface area (Å²) in [5.74, 6) is -0.411. The van der Waals surface area contributed by atoms with Gasteiger partial charge < -0.3 is 19.7 Å². The summed E-state index contributed by atoms with van der Waals surface area (Å²) in [5.41, 5.74) is 0.646. The summed E-state index contributed by atoms with van der Waals surface area (Å²) >= 11 is 3.37. The first kappa shape index (κ1) is 24.1. The number of hydrogen-bond donors (Lipinski definition) is 1. The Kier molecular flexibility index (Phi) is 8.80. The standard InChI is InChI=1S/C21H24BrN3O6/c1-4-23-21(27)14(2)24(12-15-5-7-16(22)8-6-15)20(26)13-31-17-9-10-18(25(28)29)19(11-17)30-3/h5-11,14H,4,12-13H2,1-3H3,(H,23,27). The molecule has 0 heterocycles. The van der Waals surface area contributed by atoms with E-state index >= 15 is 0 Å². The van der Waals surface area contributed by atoms with Crippen LogP contribution < -0.4 is 14.8 Å². The van der Waals surface area contributed by atoms with Gasteiger partial charge in [0.1, 0.15) is 11.8 Å². The first-order chi connectivity index (χ1) is 14.8. The number of nitro groups is 1. The number of likely N-dealkylation sites (N-methyl/N-ethyl adjacent to an activating group) is 1. The summed E-state index contributed by atoms with van der Waals surface area (Å²) in [6, 6.07) is 10.7. The van der Waals surface area contributed by atoms with Crippen molar-refractivity contribution in [2.24, 2.45) is 0 Å². The van der Waals surface area contributed by atoms with Gasteiger partial charge in [-0.25, -0.2) is 0 Å². The summed E-state index contributed by atoms with van der Waals surface area (Å²) in [6.07, 6.45) is 0. The second kappa shape index (κ2) is 11.3. The van der Waals surface area contributed by atoms with Crippen LogP contribution in [0, 0.1) is 10.1 Å². The molecule has 0 fully saturated rings. The van der Waals surface area contributed by atoms with Gasteiger partial charge in [-0.2, -0.15) is 0 Å². The van der Waals surface area contributed by atoms with Crippen molar-refractivity contribution in [1.29, 1.82) is 0 Å². The number of methoxy groups -OCH3 is 1. The lowest BCUT2D eigenvalue weighted by Gasteiger charge is -2.28. The van der Waals surface area contributed by atoms with E-state index in [1.165, 1.54) is 30.2 Å². The maximum Gasteiger partial charge on any atom is 0.311 e. The van der Waals surface area contributed by atoms with Crippen LogP contribution in [0.3, 0.4) is 0 Å². The molecule has 9 nitrogen and oxygen atoms in total. The Hall–Kier alpha value is -3.14. The molecule has 0 saturated carbocycles. The molecule has 31 heavy (non-hydrogen) atoms. The molecule has 0 aromatic heterocycles. The number of carbonyl (C=O) groups is 2. The highest BCUT2D eigenvalue weighted by Gasteiger charge is 2.26. The third kappa shape index (κ3) is 6.68. The minimum Gasteiger partial charge on any atom is -0.490 e. The van der Waals surface area contributed by atoms with E-state index in [9.17, 15) is 19.7 Å². The van der Waals surface area contributed by atoms with Crippen LogP contribution >= 0.6 is 15.9 Å².